The molecule has 1 aliphatic heterocycles. The highest BCUT2D eigenvalue weighted by Crippen LogP contribution is 2.26. The molecule has 0 saturated carbocycles. The van der Waals surface area contributed by atoms with Gasteiger partial charge in [0.1, 0.15) is 12.4 Å². The molecule has 1 N–H and O–H groups in total. The normalized spacial score (nSPS) is 15.1. The Bertz CT molecular complexity index is 752. The number of rotatable bonds is 8. The van der Waals surface area contributed by atoms with E-state index in [4.69, 9.17) is 44.3 Å². The number of nitrogens with one attached hydrogen (secondary N) is 1. The first-order valence-electron chi connectivity index (χ1n) is 8.98. The fraction of sp³-hybridized carbons (Fsp3) is 0.400. The molecule has 2 aromatic carbocycles. The van der Waals surface area contributed by atoms with Crippen LogP contribution in [0.2, 0.25) is 15.1 Å². The molecule has 0 atom stereocenters. The van der Waals surface area contributed by atoms with Crippen molar-refractivity contribution in [3.63, 3.8) is 0 Å². The topological polar surface area (TPSA) is 33.7 Å². The standard InChI is InChI=1S/C20H23Cl3N2O2/c21-17-2-4-20(27-14-15-1-3-18(22)19(23)11-15)16(12-17)13-24-5-6-25-7-9-26-10-8-25/h1-4,11-12,24H,5-10,13-14H2. The molecular formula is C20H23Cl3N2O2. The van der Waals surface area contributed by atoms with E-state index >= 15 is 0 Å². The van der Waals surface area contributed by atoms with Crippen LogP contribution < -0.4 is 10.1 Å². The second-order valence-electron chi connectivity index (χ2n) is 6.42. The van der Waals surface area contributed by atoms with E-state index in [2.05, 4.69) is 10.2 Å². The van der Waals surface area contributed by atoms with Crippen molar-refractivity contribution < 1.29 is 9.47 Å². The van der Waals surface area contributed by atoms with Gasteiger partial charge in [0.15, 0.2) is 0 Å². The van der Waals surface area contributed by atoms with Gasteiger partial charge in [-0.2, -0.15) is 0 Å². The van der Waals surface area contributed by atoms with Gasteiger partial charge in [0.25, 0.3) is 0 Å². The van der Waals surface area contributed by atoms with E-state index in [0.29, 0.717) is 28.2 Å². The van der Waals surface area contributed by atoms with Gasteiger partial charge in [0.2, 0.25) is 0 Å². The largest absolute Gasteiger partial charge is 0.489 e. The minimum Gasteiger partial charge on any atom is -0.489 e. The monoisotopic (exact) mass is 428 g/mol. The molecule has 1 aliphatic rings. The Hall–Kier alpha value is -1.01. The minimum atomic E-state index is 0.416. The lowest BCUT2D eigenvalue weighted by atomic mass is 10.2. The summed E-state index contributed by atoms with van der Waals surface area (Å²) < 4.78 is 11.4. The van der Waals surface area contributed by atoms with Crippen LogP contribution >= 0.6 is 34.8 Å². The predicted molar refractivity (Wildman–Crippen MR) is 111 cm³/mol. The zero-order chi connectivity index (χ0) is 19.1. The van der Waals surface area contributed by atoms with Gasteiger partial charge in [-0.05, 0) is 35.9 Å². The fourth-order valence-electron chi connectivity index (χ4n) is 2.90. The highest BCUT2D eigenvalue weighted by atomic mass is 35.5. The zero-order valence-electron chi connectivity index (χ0n) is 15.0. The van der Waals surface area contributed by atoms with Crippen molar-refractivity contribution in [2.24, 2.45) is 0 Å². The van der Waals surface area contributed by atoms with E-state index in [1.807, 2.05) is 30.3 Å². The molecule has 1 fully saturated rings. The minimum absolute atomic E-state index is 0.416. The quantitative estimate of drug-likeness (QED) is 0.619. The lowest BCUT2D eigenvalue weighted by Gasteiger charge is -2.26. The summed E-state index contributed by atoms with van der Waals surface area (Å²) in [6.45, 7) is 6.65. The average molecular weight is 430 g/mol. The molecule has 4 nitrogen and oxygen atoms in total. The van der Waals surface area contributed by atoms with Crippen LogP contribution in [0.25, 0.3) is 0 Å². The van der Waals surface area contributed by atoms with Crippen LogP contribution in [0.1, 0.15) is 11.1 Å². The average Bonchev–Trinajstić information content (AvgIpc) is 2.68. The van der Waals surface area contributed by atoms with Crippen LogP contribution in [0.15, 0.2) is 36.4 Å². The molecule has 0 bridgehead atoms. The number of ether oxygens (including phenoxy) is 2. The first-order chi connectivity index (χ1) is 13.1. The smallest absolute Gasteiger partial charge is 0.124 e. The zero-order valence-corrected chi connectivity index (χ0v) is 17.3. The van der Waals surface area contributed by atoms with Gasteiger partial charge in [0.05, 0.1) is 23.3 Å². The van der Waals surface area contributed by atoms with Gasteiger partial charge >= 0.3 is 0 Å². The number of hydrogen-bond donors (Lipinski definition) is 1. The van der Waals surface area contributed by atoms with Crippen molar-refractivity contribution in [3.05, 3.63) is 62.6 Å². The summed E-state index contributed by atoms with van der Waals surface area (Å²) in [5.41, 5.74) is 2.00. The van der Waals surface area contributed by atoms with Gasteiger partial charge in [-0.1, -0.05) is 40.9 Å². The summed E-state index contributed by atoms with van der Waals surface area (Å²) in [7, 11) is 0. The van der Waals surface area contributed by atoms with Crippen LogP contribution in [0.3, 0.4) is 0 Å². The third-order valence-corrected chi connectivity index (χ3v) is 5.40. The number of morpholine rings is 1. The van der Waals surface area contributed by atoms with Crippen LogP contribution in [0.4, 0.5) is 0 Å². The molecule has 0 radical (unpaired) electrons. The van der Waals surface area contributed by atoms with Crippen molar-refractivity contribution in [3.8, 4) is 5.75 Å². The molecule has 146 valence electrons. The second-order valence-corrected chi connectivity index (χ2v) is 7.67. The summed E-state index contributed by atoms with van der Waals surface area (Å²) in [5, 5.41) is 5.23. The first-order valence-corrected chi connectivity index (χ1v) is 10.1. The Morgan fingerprint density at radius 1 is 1.00 bits per heavy atom. The molecule has 7 heteroatoms. The molecule has 2 aromatic rings. The Morgan fingerprint density at radius 3 is 2.59 bits per heavy atom. The summed E-state index contributed by atoms with van der Waals surface area (Å²) in [6, 6.07) is 11.2. The number of nitrogens with zero attached hydrogens (tertiary/aromatic N) is 1. The Balaban J connectivity index is 1.53. The van der Waals surface area contributed by atoms with E-state index in [1.54, 1.807) is 6.07 Å². The highest BCUT2D eigenvalue weighted by molar-refractivity contribution is 6.42. The van der Waals surface area contributed by atoms with Crippen molar-refractivity contribution in [1.29, 1.82) is 0 Å². The molecule has 1 heterocycles. The van der Waals surface area contributed by atoms with E-state index in [9.17, 15) is 0 Å². The van der Waals surface area contributed by atoms with E-state index < -0.39 is 0 Å². The van der Waals surface area contributed by atoms with E-state index in [-0.39, 0.29) is 0 Å². The summed E-state index contributed by atoms with van der Waals surface area (Å²) in [6.07, 6.45) is 0. The van der Waals surface area contributed by atoms with Crippen molar-refractivity contribution in [2.75, 3.05) is 39.4 Å². The first kappa shape index (κ1) is 20.7. The van der Waals surface area contributed by atoms with Gasteiger partial charge in [-0.3, -0.25) is 4.90 Å². The van der Waals surface area contributed by atoms with Gasteiger partial charge in [-0.25, -0.2) is 0 Å². The fourth-order valence-corrected chi connectivity index (χ4v) is 3.42. The van der Waals surface area contributed by atoms with Gasteiger partial charge in [0, 0.05) is 43.3 Å². The van der Waals surface area contributed by atoms with E-state index in [0.717, 1.165) is 56.3 Å². The van der Waals surface area contributed by atoms with Crippen molar-refractivity contribution >= 4 is 34.8 Å². The summed E-state index contributed by atoms with van der Waals surface area (Å²) >= 11 is 18.2. The number of hydrogen-bond acceptors (Lipinski definition) is 4. The molecule has 0 spiro atoms. The lowest BCUT2D eigenvalue weighted by Crippen LogP contribution is -2.40. The number of halogens is 3. The van der Waals surface area contributed by atoms with E-state index in [1.165, 1.54) is 0 Å². The van der Waals surface area contributed by atoms with Gasteiger partial charge < -0.3 is 14.8 Å². The Morgan fingerprint density at radius 2 is 1.81 bits per heavy atom. The van der Waals surface area contributed by atoms with Crippen LogP contribution in [0.5, 0.6) is 5.75 Å². The molecule has 1 saturated heterocycles. The Kier molecular flexibility index (Phi) is 8.07. The van der Waals surface area contributed by atoms with Crippen molar-refractivity contribution in [1.82, 2.24) is 10.2 Å². The highest BCUT2D eigenvalue weighted by Gasteiger charge is 2.10. The van der Waals surface area contributed by atoms with Crippen LogP contribution in [-0.4, -0.2) is 44.3 Å². The van der Waals surface area contributed by atoms with Crippen LogP contribution in [0, 0.1) is 0 Å². The van der Waals surface area contributed by atoms with Crippen LogP contribution in [-0.2, 0) is 17.9 Å². The second kappa shape index (κ2) is 10.5. The maximum Gasteiger partial charge on any atom is 0.124 e. The molecule has 3 rings (SSSR count). The maximum atomic E-state index is 6.17. The summed E-state index contributed by atoms with van der Waals surface area (Å²) in [4.78, 5) is 2.40. The molecule has 0 unspecified atom stereocenters. The molecule has 0 aromatic heterocycles. The van der Waals surface area contributed by atoms with Gasteiger partial charge in [-0.15, -0.1) is 0 Å². The predicted octanol–water partition coefficient (Wildman–Crippen LogP) is 4.65. The molecule has 0 aliphatic carbocycles. The SMILES string of the molecule is Clc1ccc(OCc2ccc(Cl)c(Cl)c2)c(CNCCN2CCOCC2)c1. The summed E-state index contributed by atoms with van der Waals surface area (Å²) in [5.74, 6) is 0.810. The maximum absolute atomic E-state index is 6.17. The third-order valence-electron chi connectivity index (χ3n) is 4.42. The lowest BCUT2D eigenvalue weighted by molar-refractivity contribution is 0.0384. The Labute approximate surface area is 175 Å². The molecule has 0 amide bonds. The number of benzene rings is 2. The molecular weight excluding hydrogens is 407 g/mol. The molecule has 27 heavy (non-hydrogen) atoms. The van der Waals surface area contributed by atoms with Crippen molar-refractivity contribution in [2.45, 2.75) is 13.2 Å². The third kappa shape index (κ3) is 6.53.